The van der Waals surface area contributed by atoms with E-state index in [0.29, 0.717) is 24.1 Å². The maximum Gasteiger partial charge on any atom is 0.149 e. The molecule has 3 aromatic rings. The fraction of sp³-hybridized carbons (Fsp3) is 0.500. The molecule has 160 valence electrons. The predicted octanol–water partition coefficient (Wildman–Crippen LogP) is 5.93. The summed E-state index contributed by atoms with van der Waals surface area (Å²) >= 11 is 6.40. The second-order valence-corrected chi connectivity index (χ2v) is 9.47. The zero-order valence-corrected chi connectivity index (χ0v) is 18.8. The Morgan fingerprint density at radius 1 is 1.27 bits per heavy atom. The molecular weight excluding hydrogens is 399 g/mol. The molecular formula is C24H30ClFN4. The van der Waals surface area contributed by atoms with Crippen LogP contribution in [0.2, 0.25) is 5.02 Å². The first-order chi connectivity index (χ1) is 14.3. The Morgan fingerprint density at radius 3 is 2.70 bits per heavy atom. The third kappa shape index (κ3) is 4.04. The maximum absolute atomic E-state index is 15.2. The van der Waals surface area contributed by atoms with Crippen molar-refractivity contribution in [3.05, 3.63) is 57.5 Å². The van der Waals surface area contributed by atoms with Gasteiger partial charge >= 0.3 is 0 Å². The average Bonchev–Trinajstić information content (AvgIpc) is 3.31. The van der Waals surface area contributed by atoms with Crippen LogP contribution in [0.5, 0.6) is 0 Å². The van der Waals surface area contributed by atoms with Gasteiger partial charge in [0.1, 0.15) is 23.0 Å². The quantitative estimate of drug-likeness (QED) is 0.529. The van der Waals surface area contributed by atoms with E-state index < -0.39 is 0 Å². The number of hydrogen-bond donors (Lipinski definition) is 1. The number of fused-ring (bicyclic) bond motifs is 1. The van der Waals surface area contributed by atoms with Crippen LogP contribution in [0.15, 0.2) is 18.5 Å². The Labute approximate surface area is 182 Å². The highest BCUT2D eigenvalue weighted by molar-refractivity contribution is 6.30. The molecule has 0 saturated heterocycles. The molecule has 1 aliphatic carbocycles. The summed E-state index contributed by atoms with van der Waals surface area (Å²) in [5.41, 5.74) is 10.7. The van der Waals surface area contributed by atoms with Crippen LogP contribution in [0.3, 0.4) is 0 Å². The molecule has 4 rings (SSSR count). The average molecular weight is 429 g/mol. The van der Waals surface area contributed by atoms with Gasteiger partial charge in [-0.1, -0.05) is 51.1 Å². The van der Waals surface area contributed by atoms with E-state index in [1.807, 2.05) is 17.5 Å². The molecule has 1 fully saturated rings. The summed E-state index contributed by atoms with van der Waals surface area (Å²) < 4.78 is 17.2. The molecule has 30 heavy (non-hydrogen) atoms. The number of benzene rings is 1. The number of hydrogen-bond acceptors (Lipinski definition) is 3. The van der Waals surface area contributed by atoms with E-state index in [2.05, 4.69) is 18.8 Å². The fourth-order valence-corrected chi connectivity index (χ4v) is 5.17. The zero-order chi connectivity index (χ0) is 21.4. The summed E-state index contributed by atoms with van der Waals surface area (Å²) in [6, 6.07) is 1.80. The number of nitrogens with two attached hydrogens (primary N) is 1. The van der Waals surface area contributed by atoms with Gasteiger partial charge in [-0.25, -0.2) is 14.4 Å². The Morgan fingerprint density at radius 2 is 2.00 bits per heavy atom. The third-order valence-electron chi connectivity index (χ3n) is 6.29. The van der Waals surface area contributed by atoms with Crippen LogP contribution in [0, 0.1) is 24.6 Å². The van der Waals surface area contributed by atoms with Crippen molar-refractivity contribution in [1.29, 1.82) is 0 Å². The monoisotopic (exact) mass is 428 g/mol. The molecule has 0 spiro atoms. The van der Waals surface area contributed by atoms with E-state index >= 15 is 4.39 Å². The van der Waals surface area contributed by atoms with Crippen molar-refractivity contribution in [1.82, 2.24) is 14.4 Å². The highest BCUT2D eigenvalue weighted by Gasteiger charge is 2.24. The summed E-state index contributed by atoms with van der Waals surface area (Å²) in [5, 5.41) is 0.212. The first-order valence-corrected chi connectivity index (χ1v) is 11.3. The summed E-state index contributed by atoms with van der Waals surface area (Å²) in [6.07, 6.45) is 10.6. The number of aryl methyl sites for hydroxylation is 1. The minimum absolute atomic E-state index is 0.212. The summed E-state index contributed by atoms with van der Waals surface area (Å²) in [7, 11) is 0. The molecule has 2 heterocycles. The summed E-state index contributed by atoms with van der Waals surface area (Å²) in [5.74, 6) is 2.08. The van der Waals surface area contributed by atoms with Gasteiger partial charge in [0, 0.05) is 18.8 Å². The van der Waals surface area contributed by atoms with Gasteiger partial charge in [-0.2, -0.15) is 0 Å². The first-order valence-electron chi connectivity index (χ1n) is 10.9. The van der Waals surface area contributed by atoms with Crippen LogP contribution in [0.4, 0.5) is 10.2 Å². The lowest BCUT2D eigenvalue weighted by molar-refractivity contribution is 0.512. The lowest BCUT2D eigenvalue weighted by Crippen LogP contribution is -2.12. The molecule has 6 heteroatoms. The molecule has 2 aromatic heterocycles. The number of imidazole rings is 1. The number of nitrogen functional groups attached to an aromatic ring is 1. The second kappa shape index (κ2) is 8.54. The van der Waals surface area contributed by atoms with Gasteiger partial charge in [0.25, 0.3) is 0 Å². The van der Waals surface area contributed by atoms with Crippen LogP contribution in [0.1, 0.15) is 67.7 Å². The standard InChI is InChI=1S/C24H30ClFN4/c1-14(2)10-18-17(12-20(25)22(26)19(18)11-16-6-4-5-7-16)13-21-29-15(3)23-24(27)28-8-9-30(21)23/h8-9,12,14,16H,4-7,10-11,13H2,1-3H3,(H2,27,28). The van der Waals surface area contributed by atoms with E-state index in [0.717, 1.165) is 46.6 Å². The van der Waals surface area contributed by atoms with Gasteiger partial charge < -0.3 is 5.73 Å². The van der Waals surface area contributed by atoms with Crippen molar-refractivity contribution < 1.29 is 4.39 Å². The van der Waals surface area contributed by atoms with Crippen LogP contribution in [-0.4, -0.2) is 14.4 Å². The molecule has 2 N–H and O–H groups in total. The first kappa shape index (κ1) is 21.1. The molecule has 1 aromatic carbocycles. The van der Waals surface area contributed by atoms with Gasteiger partial charge in [-0.15, -0.1) is 0 Å². The van der Waals surface area contributed by atoms with Gasteiger partial charge in [0.05, 0.1) is 10.7 Å². The van der Waals surface area contributed by atoms with E-state index in [9.17, 15) is 0 Å². The highest BCUT2D eigenvalue weighted by atomic mass is 35.5. The summed E-state index contributed by atoms with van der Waals surface area (Å²) in [6.45, 7) is 6.29. The van der Waals surface area contributed by atoms with E-state index in [4.69, 9.17) is 22.3 Å². The minimum Gasteiger partial charge on any atom is -0.382 e. The Hall–Kier alpha value is -2.14. The Kier molecular flexibility index (Phi) is 6.01. The van der Waals surface area contributed by atoms with Crippen LogP contribution >= 0.6 is 11.6 Å². The molecule has 0 bridgehead atoms. The molecule has 0 unspecified atom stereocenters. The van der Waals surface area contributed by atoms with Gasteiger partial charge in [-0.05, 0) is 54.4 Å². The number of nitrogens with zero attached hydrogens (tertiary/aromatic N) is 3. The highest BCUT2D eigenvalue weighted by Crippen LogP contribution is 2.35. The Bertz CT molecular complexity index is 1070. The van der Waals surface area contributed by atoms with E-state index in [1.54, 1.807) is 12.3 Å². The lowest BCUT2D eigenvalue weighted by Gasteiger charge is -2.21. The second-order valence-electron chi connectivity index (χ2n) is 9.06. The lowest BCUT2D eigenvalue weighted by atomic mass is 9.86. The predicted molar refractivity (Wildman–Crippen MR) is 121 cm³/mol. The topological polar surface area (TPSA) is 56.2 Å². The van der Waals surface area contributed by atoms with Gasteiger partial charge in [-0.3, -0.25) is 4.40 Å². The Balaban J connectivity index is 1.81. The summed E-state index contributed by atoms with van der Waals surface area (Å²) in [4.78, 5) is 8.95. The maximum atomic E-state index is 15.2. The van der Waals surface area contributed by atoms with E-state index in [1.165, 1.54) is 25.7 Å². The molecule has 0 aliphatic heterocycles. The number of aromatic nitrogens is 3. The van der Waals surface area contributed by atoms with Crippen molar-refractivity contribution in [3.8, 4) is 0 Å². The van der Waals surface area contributed by atoms with Crippen LogP contribution < -0.4 is 5.73 Å². The molecule has 0 amide bonds. The van der Waals surface area contributed by atoms with Crippen molar-refractivity contribution in [2.75, 3.05) is 5.73 Å². The minimum atomic E-state index is -0.236. The smallest absolute Gasteiger partial charge is 0.149 e. The number of rotatable bonds is 6. The van der Waals surface area contributed by atoms with Crippen molar-refractivity contribution in [3.63, 3.8) is 0 Å². The van der Waals surface area contributed by atoms with E-state index in [-0.39, 0.29) is 10.8 Å². The third-order valence-corrected chi connectivity index (χ3v) is 6.56. The molecule has 4 nitrogen and oxygen atoms in total. The number of anilines is 1. The van der Waals surface area contributed by atoms with Crippen molar-refractivity contribution in [2.45, 2.75) is 65.7 Å². The number of halogens is 2. The largest absolute Gasteiger partial charge is 0.382 e. The molecule has 0 radical (unpaired) electrons. The molecule has 0 atom stereocenters. The molecule has 1 saturated carbocycles. The SMILES string of the molecule is Cc1nc(Cc2cc(Cl)c(F)c(CC3CCCC3)c2CC(C)C)n2ccnc(N)c12. The van der Waals surface area contributed by atoms with Crippen LogP contribution in [-0.2, 0) is 19.3 Å². The fourth-order valence-electron chi connectivity index (χ4n) is 4.92. The van der Waals surface area contributed by atoms with Crippen LogP contribution in [0.25, 0.3) is 5.52 Å². The van der Waals surface area contributed by atoms with Gasteiger partial charge in [0.2, 0.25) is 0 Å². The van der Waals surface area contributed by atoms with Crippen molar-refractivity contribution in [2.24, 2.45) is 11.8 Å². The van der Waals surface area contributed by atoms with Crippen molar-refractivity contribution >= 4 is 22.9 Å². The zero-order valence-electron chi connectivity index (χ0n) is 18.0. The molecule has 1 aliphatic rings. The van der Waals surface area contributed by atoms with Gasteiger partial charge in [0.15, 0.2) is 0 Å². The normalized spacial score (nSPS) is 15.0.